The number of hydrogen-bond donors (Lipinski definition) is 1. The van der Waals surface area contributed by atoms with Gasteiger partial charge >= 0.3 is 0 Å². The second-order valence-electron chi connectivity index (χ2n) is 7.61. The van der Waals surface area contributed by atoms with E-state index in [9.17, 15) is 9.90 Å². The molecule has 6 heteroatoms. The van der Waals surface area contributed by atoms with Crippen molar-refractivity contribution in [2.45, 2.75) is 31.4 Å². The van der Waals surface area contributed by atoms with Gasteiger partial charge < -0.3 is 10.0 Å². The zero-order chi connectivity index (χ0) is 18.6. The number of β-amino-alcohol motifs (C(OH)–C–C–N with tert-alkyl or cyclic N) is 1. The van der Waals surface area contributed by atoms with E-state index in [2.05, 4.69) is 14.9 Å². The predicted molar refractivity (Wildman–Crippen MR) is 102 cm³/mol. The molecule has 27 heavy (non-hydrogen) atoms. The number of aliphatic hydroxyl groups excluding tert-OH is 1. The lowest BCUT2D eigenvalue weighted by molar-refractivity contribution is 0.0627. The molecule has 4 rings (SSSR count). The molecule has 0 spiro atoms. The normalized spacial score (nSPS) is 24.3. The first-order valence-electron chi connectivity index (χ1n) is 9.71. The number of hydrogen-bond acceptors (Lipinski definition) is 5. The Morgan fingerprint density at radius 3 is 2.56 bits per heavy atom. The van der Waals surface area contributed by atoms with Crippen LogP contribution in [-0.2, 0) is 6.42 Å². The number of carbonyl (C=O) groups excluding carboxylic acids is 1. The van der Waals surface area contributed by atoms with Crippen molar-refractivity contribution < 1.29 is 9.90 Å². The molecule has 2 saturated heterocycles. The van der Waals surface area contributed by atoms with Crippen LogP contribution >= 0.6 is 0 Å². The molecular formula is C21H26N4O2. The maximum atomic E-state index is 12.6. The molecule has 1 amide bonds. The molecule has 0 radical (unpaired) electrons. The molecule has 0 aliphatic carbocycles. The Morgan fingerprint density at radius 1 is 1.07 bits per heavy atom. The lowest BCUT2D eigenvalue weighted by Gasteiger charge is -2.36. The summed E-state index contributed by atoms with van der Waals surface area (Å²) in [5.41, 5.74) is 1.89. The number of aliphatic hydroxyl groups is 1. The first-order chi connectivity index (χ1) is 13.2. The minimum atomic E-state index is -0.284. The van der Waals surface area contributed by atoms with Crippen LogP contribution in [0.15, 0.2) is 49.1 Å². The van der Waals surface area contributed by atoms with Crippen LogP contribution in [0, 0.1) is 5.92 Å². The molecule has 0 aromatic carbocycles. The van der Waals surface area contributed by atoms with Gasteiger partial charge in [0.15, 0.2) is 0 Å². The number of carbonyl (C=O) groups is 1. The fraction of sp³-hybridized carbons (Fsp3) is 0.476. The van der Waals surface area contributed by atoms with E-state index in [0.29, 0.717) is 11.6 Å². The van der Waals surface area contributed by atoms with Crippen molar-refractivity contribution >= 4 is 5.91 Å². The van der Waals surface area contributed by atoms with Crippen molar-refractivity contribution in [1.82, 2.24) is 19.8 Å². The van der Waals surface area contributed by atoms with Crippen LogP contribution in [0.1, 0.15) is 28.8 Å². The minimum absolute atomic E-state index is 0.0681. The number of aromatic nitrogens is 2. The second kappa shape index (κ2) is 8.15. The Balaban J connectivity index is 1.30. The lowest BCUT2D eigenvalue weighted by atomic mass is 9.97. The largest absolute Gasteiger partial charge is 0.391 e. The Labute approximate surface area is 159 Å². The van der Waals surface area contributed by atoms with Crippen molar-refractivity contribution in [2.24, 2.45) is 5.92 Å². The van der Waals surface area contributed by atoms with Crippen molar-refractivity contribution in [1.29, 1.82) is 0 Å². The summed E-state index contributed by atoms with van der Waals surface area (Å²) < 4.78 is 0. The van der Waals surface area contributed by atoms with Crippen molar-refractivity contribution in [2.75, 3.05) is 26.2 Å². The molecule has 0 saturated carbocycles. The summed E-state index contributed by atoms with van der Waals surface area (Å²) in [7, 11) is 0. The second-order valence-corrected chi connectivity index (χ2v) is 7.61. The van der Waals surface area contributed by atoms with Crippen LogP contribution < -0.4 is 0 Å². The van der Waals surface area contributed by atoms with Crippen LogP contribution in [0.4, 0.5) is 0 Å². The van der Waals surface area contributed by atoms with Gasteiger partial charge in [-0.15, -0.1) is 0 Å². The molecule has 142 valence electrons. The Bertz CT molecular complexity index is 747. The number of piperidine rings is 1. The maximum absolute atomic E-state index is 12.6. The van der Waals surface area contributed by atoms with Gasteiger partial charge in [0, 0.05) is 62.9 Å². The number of amides is 1. The molecular weight excluding hydrogens is 340 g/mol. The molecule has 2 aromatic heterocycles. The zero-order valence-corrected chi connectivity index (χ0v) is 15.4. The first-order valence-corrected chi connectivity index (χ1v) is 9.71. The highest BCUT2D eigenvalue weighted by molar-refractivity contribution is 5.93. The molecule has 2 aromatic rings. The summed E-state index contributed by atoms with van der Waals surface area (Å²) >= 11 is 0. The molecule has 1 N–H and O–H groups in total. The van der Waals surface area contributed by atoms with Gasteiger partial charge in [-0.2, -0.15) is 0 Å². The molecule has 2 fully saturated rings. The van der Waals surface area contributed by atoms with Gasteiger partial charge in [0.05, 0.1) is 11.7 Å². The maximum Gasteiger partial charge on any atom is 0.255 e. The van der Waals surface area contributed by atoms with Crippen LogP contribution in [-0.4, -0.2) is 69.1 Å². The molecule has 0 bridgehead atoms. The van der Waals surface area contributed by atoms with Crippen molar-refractivity contribution in [3.05, 3.63) is 60.2 Å². The summed E-state index contributed by atoms with van der Waals surface area (Å²) in [4.78, 5) is 25.0. The van der Waals surface area contributed by atoms with Gasteiger partial charge in [0.25, 0.3) is 5.91 Å². The van der Waals surface area contributed by atoms with E-state index >= 15 is 0 Å². The summed E-state index contributed by atoms with van der Waals surface area (Å²) in [6.45, 7) is 3.18. The van der Waals surface area contributed by atoms with E-state index in [4.69, 9.17) is 0 Å². The van der Waals surface area contributed by atoms with Crippen molar-refractivity contribution in [3.8, 4) is 0 Å². The minimum Gasteiger partial charge on any atom is -0.391 e. The Morgan fingerprint density at radius 2 is 1.85 bits per heavy atom. The number of likely N-dealkylation sites (tertiary alicyclic amines) is 2. The van der Waals surface area contributed by atoms with E-state index in [-0.39, 0.29) is 17.9 Å². The molecule has 2 aliphatic rings. The van der Waals surface area contributed by atoms with Crippen LogP contribution in [0.5, 0.6) is 0 Å². The molecule has 6 nitrogen and oxygen atoms in total. The highest BCUT2D eigenvalue weighted by atomic mass is 16.3. The first kappa shape index (κ1) is 18.1. The summed E-state index contributed by atoms with van der Waals surface area (Å²) in [6.07, 6.45) is 9.46. The summed E-state index contributed by atoms with van der Waals surface area (Å²) in [5.74, 6) is 0.334. The topological polar surface area (TPSA) is 69.6 Å². The average Bonchev–Trinajstić information content (AvgIpc) is 3.09. The Kier molecular flexibility index (Phi) is 5.45. The third-order valence-electron chi connectivity index (χ3n) is 5.86. The average molecular weight is 366 g/mol. The van der Waals surface area contributed by atoms with Gasteiger partial charge in [-0.25, -0.2) is 0 Å². The van der Waals surface area contributed by atoms with Gasteiger partial charge in [-0.1, -0.05) is 0 Å². The summed E-state index contributed by atoms with van der Waals surface area (Å²) in [6, 6.07) is 8.12. The quantitative estimate of drug-likeness (QED) is 0.890. The lowest BCUT2D eigenvalue weighted by Crippen LogP contribution is -2.46. The number of pyridine rings is 2. The molecule has 2 aliphatic heterocycles. The van der Waals surface area contributed by atoms with E-state index < -0.39 is 0 Å². The molecule has 2 atom stereocenters. The predicted octanol–water partition coefficient (Wildman–Crippen LogP) is 1.62. The van der Waals surface area contributed by atoms with Gasteiger partial charge in [-0.05, 0) is 49.1 Å². The van der Waals surface area contributed by atoms with Crippen LogP contribution in [0.3, 0.4) is 0 Å². The number of rotatable bonds is 4. The molecule has 0 unspecified atom stereocenters. The van der Waals surface area contributed by atoms with Gasteiger partial charge in [-0.3, -0.25) is 19.7 Å². The van der Waals surface area contributed by atoms with E-state index in [1.165, 1.54) is 5.56 Å². The zero-order valence-electron chi connectivity index (χ0n) is 15.4. The van der Waals surface area contributed by atoms with E-state index in [1.807, 2.05) is 35.5 Å². The highest BCUT2D eigenvalue weighted by Gasteiger charge is 2.36. The van der Waals surface area contributed by atoms with E-state index in [0.717, 1.165) is 45.4 Å². The highest BCUT2D eigenvalue weighted by Crippen LogP contribution is 2.27. The summed E-state index contributed by atoms with van der Waals surface area (Å²) in [5, 5.41) is 10.5. The fourth-order valence-electron chi connectivity index (χ4n) is 4.31. The standard InChI is InChI=1S/C21H26N4O2/c26-20-15-25(14-18(20)12-16-3-8-22-9-4-16)19-5-10-24(11-6-19)21(27)17-2-1-7-23-13-17/h1-4,7-9,13,18-20,26H,5-6,10-12,14-15H2/t18-,20-/m1/s1. The third kappa shape index (κ3) is 4.17. The van der Waals surface area contributed by atoms with Gasteiger partial charge in [0.2, 0.25) is 0 Å². The number of nitrogens with zero attached hydrogens (tertiary/aromatic N) is 4. The fourth-order valence-corrected chi connectivity index (χ4v) is 4.31. The van der Waals surface area contributed by atoms with Crippen molar-refractivity contribution in [3.63, 3.8) is 0 Å². The van der Waals surface area contributed by atoms with Crippen LogP contribution in [0.2, 0.25) is 0 Å². The van der Waals surface area contributed by atoms with Gasteiger partial charge in [0.1, 0.15) is 0 Å². The SMILES string of the molecule is O=C(c1cccnc1)N1CCC(N2C[C@@H](Cc3ccncc3)[C@H](O)C2)CC1. The molecule has 4 heterocycles. The third-order valence-corrected chi connectivity index (χ3v) is 5.86. The monoisotopic (exact) mass is 366 g/mol. The Hall–Kier alpha value is -2.31. The smallest absolute Gasteiger partial charge is 0.255 e. The van der Waals surface area contributed by atoms with E-state index in [1.54, 1.807) is 18.5 Å². The van der Waals surface area contributed by atoms with Crippen LogP contribution in [0.25, 0.3) is 0 Å².